The van der Waals surface area contributed by atoms with Crippen LogP contribution in [0, 0.1) is 17.8 Å². The van der Waals surface area contributed by atoms with Crippen LogP contribution in [0.1, 0.15) is 49.7 Å². The van der Waals surface area contributed by atoms with Crippen molar-refractivity contribution in [2.45, 2.75) is 44.9 Å². The summed E-state index contributed by atoms with van der Waals surface area (Å²) in [6.45, 7) is 6.61. The molecule has 0 spiro atoms. The van der Waals surface area contributed by atoms with Crippen molar-refractivity contribution in [1.29, 1.82) is 0 Å². The molecule has 150 valence electrons. The van der Waals surface area contributed by atoms with E-state index in [9.17, 15) is 13.5 Å². The first-order valence-electron chi connectivity index (χ1n) is 9.53. The number of benzene rings is 1. The standard InChI is InChI=1S/C22H27NO4S/c1-15-9-10-18-16(2)27-21-14-17(13-20(24)22(21)19(18)12-15)8-6-4-5-7-11-23-28(3,25)26/h9,13-14,18-19,23-24H,2,5,7-8,10-12H2,1,3H3. The van der Waals surface area contributed by atoms with E-state index in [2.05, 4.69) is 36.1 Å². The van der Waals surface area contributed by atoms with Gasteiger partial charge in [-0.2, -0.15) is 0 Å². The van der Waals surface area contributed by atoms with Gasteiger partial charge in [-0.05, 0) is 43.9 Å². The fraction of sp³-hybridized carbons (Fsp3) is 0.455. The van der Waals surface area contributed by atoms with Crippen LogP contribution in [0.25, 0.3) is 0 Å². The minimum Gasteiger partial charge on any atom is -0.508 e. The largest absolute Gasteiger partial charge is 0.508 e. The Bertz CT molecular complexity index is 966. The number of allylic oxidation sites excluding steroid dienone is 3. The SMILES string of the molecule is C=C1Oc2cc(CC#CCCCNS(C)(=O)=O)cc(O)c2C2CC(C)=CCC12. The molecule has 1 aliphatic heterocycles. The van der Waals surface area contributed by atoms with Crippen molar-refractivity contribution in [2.24, 2.45) is 5.92 Å². The van der Waals surface area contributed by atoms with E-state index in [1.165, 1.54) is 5.57 Å². The molecule has 28 heavy (non-hydrogen) atoms. The Morgan fingerprint density at radius 1 is 1.32 bits per heavy atom. The molecule has 2 unspecified atom stereocenters. The summed E-state index contributed by atoms with van der Waals surface area (Å²) in [6, 6.07) is 3.73. The molecule has 0 bridgehead atoms. The monoisotopic (exact) mass is 401 g/mol. The second kappa shape index (κ2) is 8.42. The van der Waals surface area contributed by atoms with Crippen LogP contribution >= 0.6 is 0 Å². The molecule has 3 rings (SSSR count). The molecular formula is C22H27NO4S. The molecule has 2 N–H and O–H groups in total. The number of sulfonamides is 1. The molecule has 0 radical (unpaired) electrons. The topological polar surface area (TPSA) is 75.6 Å². The van der Waals surface area contributed by atoms with Crippen LogP contribution in [0.2, 0.25) is 0 Å². The zero-order valence-corrected chi connectivity index (χ0v) is 17.2. The van der Waals surface area contributed by atoms with Gasteiger partial charge in [0.15, 0.2) is 0 Å². The average Bonchev–Trinajstić information content (AvgIpc) is 2.59. The minimum absolute atomic E-state index is 0.212. The molecule has 0 fully saturated rings. The van der Waals surface area contributed by atoms with Crippen LogP contribution in [0.5, 0.6) is 11.5 Å². The van der Waals surface area contributed by atoms with Crippen molar-refractivity contribution < 1.29 is 18.3 Å². The summed E-state index contributed by atoms with van der Waals surface area (Å²) in [5.41, 5.74) is 3.11. The quantitative estimate of drug-likeness (QED) is 0.449. The van der Waals surface area contributed by atoms with Crippen LogP contribution in [0.3, 0.4) is 0 Å². The number of phenols is 1. The molecule has 1 heterocycles. The van der Waals surface area contributed by atoms with E-state index in [0.29, 0.717) is 31.6 Å². The number of nitrogens with one attached hydrogen (secondary N) is 1. The first-order valence-corrected chi connectivity index (χ1v) is 11.4. The smallest absolute Gasteiger partial charge is 0.208 e. The van der Waals surface area contributed by atoms with E-state index in [1.54, 1.807) is 6.07 Å². The van der Waals surface area contributed by atoms with Gasteiger partial charge in [0.1, 0.15) is 17.3 Å². The molecule has 5 nitrogen and oxygen atoms in total. The molecule has 1 aromatic rings. The lowest BCUT2D eigenvalue weighted by molar-refractivity contribution is 0.265. The van der Waals surface area contributed by atoms with Crippen molar-refractivity contribution in [3.05, 3.63) is 47.2 Å². The molecule has 1 aromatic carbocycles. The molecule has 0 amide bonds. The Labute approximate surface area is 167 Å². The van der Waals surface area contributed by atoms with Crippen LogP contribution in [0.4, 0.5) is 0 Å². The molecule has 0 aromatic heterocycles. The Balaban J connectivity index is 1.66. The number of rotatable bonds is 5. The van der Waals surface area contributed by atoms with Crippen molar-refractivity contribution in [3.8, 4) is 23.3 Å². The number of aromatic hydroxyl groups is 1. The summed E-state index contributed by atoms with van der Waals surface area (Å²) in [5, 5.41) is 10.7. The summed E-state index contributed by atoms with van der Waals surface area (Å²) in [7, 11) is -3.14. The van der Waals surface area contributed by atoms with Gasteiger partial charge >= 0.3 is 0 Å². The first kappa shape index (κ1) is 20.5. The highest BCUT2D eigenvalue weighted by atomic mass is 32.2. The molecule has 6 heteroatoms. The van der Waals surface area contributed by atoms with E-state index in [4.69, 9.17) is 4.74 Å². The van der Waals surface area contributed by atoms with Gasteiger partial charge in [-0.15, -0.1) is 5.92 Å². The number of fused-ring (bicyclic) bond motifs is 3. The maximum atomic E-state index is 11.0. The summed E-state index contributed by atoms with van der Waals surface area (Å²) in [5.74, 6) is 8.28. The van der Waals surface area contributed by atoms with Crippen LogP contribution in [0.15, 0.2) is 36.1 Å². The third-order valence-corrected chi connectivity index (χ3v) is 5.94. The third-order valence-electron chi connectivity index (χ3n) is 5.21. The van der Waals surface area contributed by atoms with Gasteiger partial charge in [0.2, 0.25) is 10.0 Å². The van der Waals surface area contributed by atoms with Crippen LogP contribution in [-0.4, -0.2) is 26.3 Å². The third kappa shape index (κ3) is 4.98. The van der Waals surface area contributed by atoms with Crippen molar-refractivity contribution >= 4 is 10.0 Å². The average molecular weight is 402 g/mol. The highest BCUT2D eigenvalue weighted by Gasteiger charge is 2.37. The van der Waals surface area contributed by atoms with Gasteiger partial charge in [-0.1, -0.05) is 24.1 Å². The highest BCUT2D eigenvalue weighted by Crippen LogP contribution is 2.51. The Kier molecular flexibility index (Phi) is 6.17. The number of unbranched alkanes of at least 4 members (excludes halogenated alkanes) is 1. The van der Waals surface area contributed by atoms with Crippen LogP contribution < -0.4 is 9.46 Å². The number of hydrogen-bond acceptors (Lipinski definition) is 4. The predicted octanol–water partition coefficient (Wildman–Crippen LogP) is 3.61. The van der Waals surface area contributed by atoms with Crippen LogP contribution in [-0.2, 0) is 16.4 Å². The fourth-order valence-electron chi connectivity index (χ4n) is 3.85. The summed E-state index contributed by atoms with van der Waals surface area (Å²) >= 11 is 0. The zero-order chi connectivity index (χ0) is 20.3. The van der Waals surface area contributed by atoms with E-state index in [0.717, 1.165) is 36.0 Å². The maximum Gasteiger partial charge on any atom is 0.208 e. The summed E-state index contributed by atoms with van der Waals surface area (Å²) in [4.78, 5) is 0. The van der Waals surface area contributed by atoms with Gasteiger partial charge in [0, 0.05) is 36.8 Å². The minimum atomic E-state index is -3.14. The lowest BCUT2D eigenvalue weighted by atomic mass is 9.73. The second-order valence-electron chi connectivity index (χ2n) is 7.60. The maximum absolute atomic E-state index is 11.0. The van der Waals surface area contributed by atoms with E-state index in [1.807, 2.05) is 6.07 Å². The first-order chi connectivity index (χ1) is 13.2. The van der Waals surface area contributed by atoms with E-state index >= 15 is 0 Å². The molecule has 1 aliphatic carbocycles. The Hall–Kier alpha value is -2.23. The molecule has 0 saturated carbocycles. The summed E-state index contributed by atoms with van der Waals surface area (Å²) in [6.07, 6.45) is 6.96. The lowest BCUT2D eigenvalue weighted by Gasteiger charge is -2.37. The van der Waals surface area contributed by atoms with Gasteiger partial charge in [-0.3, -0.25) is 0 Å². The molecule has 2 atom stereocenters. The predicted molar refractivity (Wildman–Crippen MR) is 111 cm³/mol. The number of hydrogen-bond donors (Lipinski definition) is 2. The zero-order valence-electron chi connectivity index (χ0n) is 16.4. The van der Waals surface area contributed by atoms with Crippen molar-refractivity contribution in [1.82, 2.24) is 4.72 Å². The van der Waals surface area contributed by atoms with Gasteiger partial charge in [-0.25, -0.2) is 13.1 Å². The van der Waals surface area contributed by atoms with Crippen molar-refractivity contribution in [2.75, 3.05) is 12.8 Å². The Morgan fingerprint density at radius 3 is 2.86 bits per heavy atom. The number of phenolic OH excluding ortho intramolecular Hbond substituents is 1. The van der Waals surface area contributed by atoms with Gasteiger partial charge in [0.05, 0.1) is 6.26 Å². The van der Waals surface area contributed by atoms with Gasteiger partial charge in [0.25, 0.3) is 0 Å². The molecule has 0 saturated heterocycles. The lowest BCUT2D eigenvalue weighted by Crippen LogP contribution is -2.26. The fourth-order valence-corrected chi connectivity index (χ4v) is 4.37. The Morgan fingerprint density at radius 2 is 2.11 bits per heavy atom. The molecule has 2 aliphatic rings. The number of ether oxygens (including phenoxy) is 1. The van der Waals surface area contributed by atoms with E-state index in [-0.39, 0.29) is 17.6 Å². The summed E-state index contributed by atoms with van der Waals surface area (Å²) < 4.78 is 30.4. The van der Waals surface area contributed by atoms with Crippen molar-refractivity contribution in [3.63, 3.8) is 0 Å². The second-order valence-corrected chi connectivity index (χ2v) is 9.43. The highest BCUT2D eigenvalue weighted by molar-refractivity contribution is 7.88. The normalized spacial score (nSPS) is 20.9. The van der Waals surface area contributed by atoms with E-state index < -0.39 is 10.0 Å². The molecular weight excluding hydrogens is 374 g/mol. The van der Waals surface area contributed by atoms with Gasteiger partial charge < -0.3 is 9.84 Å².